The number of hydrogen-bond acceptors (Lipinski definition) is 4. The lowest BCUT2D eigenvalue weighted by Gasteiger charge is -2.18. The summed E-state index contributed by atoms with van der Waals surface area (Å²) in [5.41, 5.74) is 1.02. The molecule has 136 valence electrons. The summed E-state index contributed by atoms with van der Waals surface area (Å²) in [5.74, 6) is 1.56. The fourth-order valence-electron chi connectivity index (χ4n) is 2.88. The van der Waals surface area contributed by atoms with Crippen LogP contribution in [0, 0.1) is 0 Å². The number of amides is 1. The predicted molar refractivity (Wildman–Crippen MR) is 98.2 cm³/mol. The molecule has 6 heteroatoms. The highest BCUT2D eigenvalue weighted by Crippen LogP contribution is 2.30. The summed E-state index contributed by atoms with van der Waals surface area (Å²) in [5, 5.41) is 6.42. The molecular weight excluding hydrogens is 328 g/mol. The van der Waals surface area contributed by atoms with E-state index < -0.39 is 0 Å². The van der Waals surface area contributed by atoms with Crippen molar-refractivity contribution in [2.24, 2.45) is 0 Å². The minimum Gasteiger partial charge on any atom is -0.490 e. The fourth-order valence-corrected chi connectivity index (χ4v) is 2.88. The van der Waals surface area contributed by atoms with Crippen molar-refractivity contribution >= 4 is 18.3 Å². The summed E-state index contributed by atoms with van der Waals surface area (Å²) in [6, 6.07) is 6.10. The molecule has 0 spiro atoms. The van der Waals surface area contributed by atoms with Gasteiger partial charge in [0.25, 0.3) is 0 Å². The van der Waals surface area contributed by atoms with Gasteiger partial charge in [0, 0.05) is 12.5 Å². The van der Waals surface area contributed by atoms with E-state index in [1.54, 1.807) is 0 Å². The van der Waals surface area contributed by atoms with Crippen molar-refractivity contribution < 1.29 is 14.3 Å². The highest BCUT2D eigenvalue weighted by atomic mass is 35.5. The standard InChI is InChI=1S/C18H28N2O3.ClH/c1-4-22-16-9-8-14(11-17(16)23-5-2)13(3)20-18(21)12-15-7-6-10-19-15;/h8-9,11,13,15,19H,4-7,10,12H2,1-3H3,(H,20,21);1H. The zero-order valence-corrected chi connectivity index (χ0v) is 15.6. The van der Waals surface area contributed by atoms with Gasteiger partial charge in [-0.15, -0.1) is 12.4 Å². The van der Waals surface area contributed by atoms with Crippen LogP contribution in [0.1, 0.15) is 51.6 Å². The van der Waals surface area contributed by atoms with E-state index in [1.165, 1.54) is 0 Å². The molecular formula is C18H29ClN2O3. The van der Waals surface area contributed by atoms with Gasteiger partial charge in [0.05, 0.1) is 19.3 Å². The van der Waals surface area contributed by atoms with Gasteiger partial charge in [0.1, 0.15) is 0 Å². The van der Waals surface area contributed by atoms with E-state index in [4.69, 9.17) is 9.47 Å². The number of carbonyl (C=O) groups is 1. The molecule has 0 radical (unpaired) electrons. The second kappa shape index (κ2) is 10.4. The Balaban J connectivity index is 0.00000288. The third kappa shape index (κ3) is 5.87. The second-order valence-corrected chi connectivity index (χ2v) is 5.86. The molecule has 0 saturated carbocycles. The van der Waals surface area contributed by atoms with Crippen LogP contribution >= 0.6 is 12.4 Å². The van der Waals surface area contributed by atoms with Crippen LogP contribution in [0.15, 0.2) is 18.2 Å². The number of ether oxygens (including phenoxy) is 2. The molecule has 2 atom stereocenters. The summed E-state index contributed by atoms with van der Waals surface area (Å²) in [4.78, 5) is 12.2. The van der Waals surface area contributed by atoms with Gasteiger partial charge in [-0.2, -0.15) is 0 Å². The lowest BCUT2D eigenvalue weighted by molar-refractivity contribution is -0.122. The Hall–Kier alpha value is -1.46. The van der Waals surface area contributed by atoms with Crippen LogP contribution in [0.5, 0.6) is 11.5 Å². The van der Waals surface area contributed by atoms with Crippen molar-refractivity contribution in [3.8, 4) is 11.5 Å². The Morgan fingerprint density at radius 1 is 1.29 bits per heavy atom. The minimum atomic E-state index is -0.0567. The molecule has 0 bridgehead atoms. The third-order valence-corrected chi connectivity index (χ3v) is 4.04. The van der Waals surface area contributed by atoms with Crippen molar-refractivity contribution in [3.63, 3.8) is 0 Å². The molecule has 5 nitrogen and oxygen atoms in total. The third-order valence-electron chi connectivity index (χ3n) is 4.04. The van der Waals surface area contributed by atoms with Crippen LogP contribution in [-0.4, -0.2) is 31.7 Å². The Kier molecular flexibility index (Phi) is 8.93. The molecule has 1 aromatic carbocycles. The Labute approximate surface area is 150 Å². The molecule has 1 fully saturated rings. The lowest BCUT2D eigenvalue weighted by Crippen LogP contribution is -2.33. The zero-order valence-electron chi connectivity index (χ0n) is 14.8. The maximum absolute atomic E-state index is 12.2. The summed E-state index contributed by atoms with van der Waals surface area (Å²) in [7, 11) is 0. The number of carbonyl (C=O) groups excluding carboxylic acids is 1. The first-order chi connectivity index (χ1) is 11.1. The van der Waals surface area contributed by atoms with Crippen LogP contribution in [0.4, 0.5) is 0 Å². The zero-order chi connectivity index (χ0) is 16.7. The summed E-state index contributed by atoms with van der Waals surface area (Å²) < 4.78 is 11.2. The largest absolute Gasteiger partial charge is 0.490 e. The van der Waals surface area contributed by atoms with E-state index in [0.29, 0.717) is 25.7 Å². The first-order valence-corrected chi connectivity index (χ1v) is 8.56. The van der Waals surface area contributed by atoms with Crippen molar-refractivity contribution in [2.75, 3.05) is 19.8 Å². The van der Waals surface area contributed by atoms with E-state index in [9.17, 15) is 4.79 Å². The molecule has 2 N–H and O–H groups in total. The quantitative estimate of drug-likeness (QED) is 0.750. The first-order valence-electron chi connectivity index (χ1n) is 8.56. The average Bonchev–Trinajstić information content (AvgIpc) is 3.02. The maximum Gasteiger partial charge on any atom is 0.222 e. The second-order valence-electron chi connectivity index (χ2n) is 5.86. The van der Waals surface area contributed by atoms with Crippen molar-refractivity contribution in [1.29, 1.82) is 0 Å². The van der Waals surface area contributed by atoms with Crippen molar-refractivity contribution in [3.05, 3.63) is 23.8 Å². The normalized spacial score (nSPS) is 17.7. The van der Waals surface area contributed by atoms with Gasteiger partial charge in [0.15, 0.2) is 11.5 Å². The Morgan fingerprint density at radius 2 is 2.00 bits per heavy atom. The van der Waals surface area contributed by atoms with E-state index >= 15 is 0 Å². The van der Waals surface area contributed by atoms with Gasteiger partial charge >= 0.3 is 0 Å². The van der Waals surface area contributed by atoms with Gasteiger partial charge in [0.2, 0.25) is 5.91 Å². The van der Waals surface area contributed by atoms with E-state index in [0.717, 1.165) is 36.4 Å². The van der Waals surface area contributed by atoms with E-state index in [2.05, 4.69) is 10.6 Å². The van der Waals surface area contributed by atoms with Crippen LogP contribution in [0.2, 0.25) is 0 Å². The number of halogens is 1. The summed E-state index contributed by atoms with van der Waals surface area (Å²) in [6.07, 6.45) is 2.78. The molecule has 24 heavy (non-hydrogen) atoms. The van der Waals surface area contributed by atoms with E-state index in [-0.39, 0.29) is 24.4 Å². The maximum atomic E-state index is 12.2. The number of benzene rings is 1. The predicted octanol–water partition coefficient (Wildman–Crippen LogP) is 3.23. The lowest BCUT2D eigenvalue weighted by atomic mass is 10.1. The molecule has 1 aliphatic heterocycles. The molecule has 1 saturated heterocycles. The van der Waals surface area contributed by atoms with Crippen LogP contribution in [-0.2, 0) is 4.79 Å². The minimum absolute atomic E-state index is 0. The molecule has 1 amide bonds. The molecule has 2 unspecified atom stereocenters. The highest BCUT2D eigenvalue weighted by molar-refractivity contribution is 5.85. The molecule has 0 aromatic heterocycles. The topological polar surface area (TPSA) is 59.6 Å². The highest BCUT2D eigenvalue weighted by Gasteiger charge is 2.19. The van der Waals surface area contributed by atoms with Gasteiger partial charge in [-0.25, -0.2) is 0 Å². The van der Waals surface area contributed by atoms with Gasteiger partial charge in [-0.1, -0.05) is 6.07 Å². The van der Waals surface area contributed by atoms with Crippen LogP contribution < -0.4 is 20.1 Å². The monoisotopic (exact) mass is 356 g/mol. The molecule has 1 aliphatic rings. The molecule has 0 aliphatic carbocycles. The number of rotatable bonds is 8. The van der Waals surface area contributed by atoms with Crippen LogP contribution in [0.3, 0.4) is 0 Å². The molecule has 1 aromatic rings. The Morgan fingerprint density at radius 3 is 2.62 bits per heavy atom. The summed E-state index contributed by atoms with van der Waals surface area (Å²) in [6.45, 7) is 8.08. The SMILES string of the molecule is CCOc1ccc(C(C)NC(=O)CC2CCCN2)cc1OCC.Cl. The summed E-state index contributed by atoms with van der Waals surface area (Å²) >= 11 is 0. The fraction of sp³-hybridized carbons (Fsp3) is 0.611. The van der Waals surface area contributed by atoms with Crippen molar-refractivity contribution in [2.45, 2.75) is 52.1 Å². The smallest absolute Gasteiger partial charge is 0.222 e. The number of nitrogens with one attached hydrogen (secondary N) is 2. The average molecular weight is 357 g/mol. The van der Waals surface area contributed by atoms with Gasteiger partial charge < -0.3 is 20.1 Å². The Bertz CT molecular complexity index is 519. The van der Waals surface area contributed by atoms with Crippen molar-refractivity contribution in [1.82, 2.24) is 10.6 Å². The van der Waals surface area contributed by atoms with E-state index in [1.807, 2.05) is 39.0 Å². The number of hydrogen-bond donors (Lipinski definition) is 2. The van der Waals surface area contributed by atoms with Crippen LogP contribution in [0.25, 0.3) is 0 Å². The molecule has 2 rings (SSSR count). The first kappa shape index (κ1) is 20.6. The molecule has 1 heterocycles. The van der Waals surface area contributed by atoms with Gasteiger partial charge in [-0.3, -0.25) is 4.79 Å². The van der Waals surface area contributed by atoms with Gasteiger partial charge in [-0.05, 0) is 57.9 Å².